The molecule has 3 rings (SSSR count). The molecule has 0 aliphatic carbocycles. The Balaban J connectivity index is 1.91. The fraction of sp³-hybridized carbons (Fsp3) is 0.211. The minimum atomic E-state index is 0.0962. The van der Waals surface area contributed by atoms with Crippen molar-refractivity contribution in [3.63, 3.8) is 0 Å². The Bertz CT molecular complexity index is 667. The van der Waals surface area contributed by atoms with Crippen LogP contribution in [0.15, 0.2) is 66.2 Å². The number of pyridine rings is 1. The molecule has 0 saturated carbocycles. The van der Waals surface area contributed by atoms with Gasteiger partial charge in [-0.25, -0.2) is 0 Å². The molecule has 0 aliphatic rings. The molecule has 0 radical (unpaired) electrons. The molecule has 3 aromatic rings. The first-order valence-electron chi connectivity index (χ1n) is 7.51. The number of nitrogens with zero attached hydrogens (tertiary/aromatic N) is 1. The second kappa shape index (κ2) is 6.86. The van der Waals surface area contributed by atoms with Crippen molar-refractivity contribution in [3.8, 4) is 0 Å². The second-order valence-corrected chi connectivity index (χ2v) is 6.40. The zero-order valence-electron chi connectivity index (χ0n) is 12.9. The van der Waals surface area contributed by atoms with E-state index in [4.69, 9.17) is 0 Å². The van der Waals surface area contributed by atoms with Crippen LogP contribution in [0.2, 0.25) is 0 Å². The van der Waals surface area contributed by atoms with Crippen LogP contribution in [0.25, 0.3) is 0 Å². The van der Waals surface area contributed by atoms with Gasteiger partial charge < -0.3 is 0 Å². The molecule has 0 amide bonds. The van der Waals surface area contributed by atoms with Crippen LogP contribution >= 0.6 is 11.3 Å². The van der Waals surface area contributed by atoms with Gasteiger partial charge in [0.2, 0.25) is 0 Å². The zero-order valence-corrected chi connectivity index (χ0v) is 13.7. The summed E-state index contributed by atoms with van der Waals surface area (Å²) < 4.78 is 0. The maximum absolute atomic E-state index is 4.55. The molecule has 1 aromatic carbocycles. The molecule has 0 unspecified atom stereocenters. The number of rotatable bonds is 5. The maximum atomic E-state index is 4.55. The van der Waals surface area contributed by atoms with Crippen LogP contribution in [0.1, 0.15) is 40.7 Å². The van der Waals surface area contributed by atoms with Crippen LogP contribution in [0, 0.1) is 6.92 Å². The molecule has 112 valence electrons. The summed E-state index contributed by atoms with van der Waals surface area (Å²) in [5.74, 6) is 0. The molecule has 2 heterocycles. The number of nitrogens with one attached hydrogen (secondary N) is 1. The van der Waals surface area contributed by atoms with Crippen LogP contribution in [-0.4, -0.2) is 4.98 Å². The highest BCUT2D eigenvalue weighted by atomic mass is 32.1. The van der Waals surface area contributed by atoms with Crippen LogP contribution in [0.5, 0.6) is 0 Å². The molecule has 2 aromatic heterocycles. The summed E-state index contributed by atoms with van der Waals surface area (Å²) in [7, 11) is 0. The molecule has 0 aliphatic heterocycles. The summed E-state index contributed by atoms with van der Waals surface area (Å²) in [6.07, 6.45) is 1.86. The minimum Gasteiger partial charge on any atom is -0.297 e. The van der Waals surface area contributed by atoms with Crippen LogP contribution in [-0.2, 0) is 0 Å². The van der Waals surface area contributed by atoms with Crippen molar-refractivity contribution in [2.24, 2.45) is 0 Å². The Labute approximate surface area is 135 Å². The molecule has 3 heteroatoms. The number of hydrogen-bond donors (Lipinski definition) is 1. The molecular weight excluding hydrogens is 288 g/mol. The van der Waals surface area contributed by atoms with Crippen molar-refractivity contribution in [1.29, 1.82) is 0 Å². The minimum absolute atomic E-state index is 0.0962. The summed E-state index contributed by atoms with van der Waals surface area (Å²) in [4.78, 5) is 5.94. The van der Waals surface area contributed by atoms with Gasteiger partial charge in [0.25, 0.3) is 0 Å². The predicted octanol–water partition coefficient (Wildman–Crippen LogP) is 4.89. The highest BCUT2D eigenvalue weighted by Gasteiger charge is 2.19. The quantitative estimate of drug-likeness (QED) is 0.725. The summed E-state index contributed by atoms with van der Waals surface area (Å²) >= 11 is 1.81. The average Bonchev–Trinajstić information content (AvgIpc) is 3.00. The molecule has 0 fully saturated rings. The summed E-state index contributed by atoms with van der Waals surface area (Å²) in [5.41, 5.74) is 3.63. The number of thiophene rings is 1. The van der Waals surface area contributed by atoms with Gasteiger partial charge in [-0.1, -0.05) is 36.4 Å². The molecule has 0 spiro atoms. The van der Waals surface area contributed by atoms with E-state index < -0.39 is 0 Å². The molecular formula is C19H20N2S. The first-order valence-corrected chi connectivity index (χ1v) is 8.39. The van der Waals surface area contributed by atoms with E-state index in [1.807, 2.05) is 35.7 Å². The summed E-state index contributed by atoms with van der Waals surface area (Å²) in [6, 6.07) is 19.1. The molecule has 0 saturated heterocycles. The number of aromatic nitrogens is 1. The first-order chi connectivity index (χ1) is 10.8. The van der Waals surface area contributed by atoms with E-state index in [-0.39, 0.29) is 12.1 Å². The third kappa shape index (κ3) is 3.26. The summed E-state index contributed by atoms with van der Waals surface area (Å²) in [5, 5.41) is 5.89. The first kappa shape index (κ1) is 14.9. The van der Waals surface area contributed by atoms with Crippen molar-refractivity contribution in [1.82, 2.24) is 10.3 Å². The molecule has 1 N–H and O–H groups in total. The fourth-order valence-electron chi connectivity index (χ4n) is 2.70. The lowest BCUT2D eigenvalue weighted by molar-refractivity contribution is 0.513. The van der Waals surface area contributed by atoms with Gasteiger partial charge in [-0.3, -0.25) is 10.3 Å². The van der Waals surface area contributed by atoms with Crippen LogP contribution in [0.3, 0.4) is 0 Å². The van der Waals surface area contributed by atoms with Crippen molar-refractivity contribution >= 4 is 11.3 Å². The monoisotopic (exact) mass is 308 g/mol. The second-order valence-electron chi connectivity index (χ2n) is 5.45. The highest BCUT2D eigenvalue weighted by Crippen LogP contribution is 2.28. The largest absolute Gasteiger partial charge is 0.297 e. The third-order valence-electron chi connectivity index (χ3n) is 3.83. The fourth-order valence-corrected chi connectivity index (χ4v) is 3.64. The van der Waals surface area contributed by atoms with E-state index in [1.54, 1.807) is 0 Å². The van der Waals surface area contributed by atoms with Crippen molar-refractivity contribution in [2.45, 2.75) is 25.9 Å². The van der Waals surface area contributed by atoms with Gasteiger partial charge in [-0.05, 0) is 48.6 Å². The standard InChI is InChI=1S/C19H20N2S/c1-14-11-13-22-19(14)15(2)21-18(16-8-4-3-5-9-16)17-10-6-7-12-20-17/h3-13,15,18,21H,1-2H3/t15-,18-/m1/s1. The normalized spacial score (nSPS) is 13.7. The van der Waals surface area contributed by atoms with E-state index in [0.717, 1.165) is 5.69 Å². The Morgan fingerprint density at radius 2 is 1.77 bits per heavy atom. The predicted molar refractivity (Wildman–Crippen MR) is 93.1 cm³/mol. The van der Waals surface area contributed by atoms with Crippen molar-refractivity contribution < 1.29 is 0 Å². The van der Waals surface area contributed by atoms with Gasteiger partial charge >= 0.3 is 0 Å². The van der Waals surface area contributed by atoms with Crippen LogP contribution in [0.4, 0.5) is 0 Å². The molecule has 2 atom stereocenters. The zero-order chi connectivity index (χ0) is 15.4. The lowest BCUT2D eigenvalue weighted by atomic mass is 10.0. The Morgan fingerprint density at radius 3 is 2.41 bits per heavy atom. The highest BCUT2D eigenvalue weighted by molar-refractivity contribution is 7.10. The molecule has 2 nitrogen and oxygen atoms in total. The smallest absolute Gasteiger partial charge is 0.0756 e. The topological polar surface area (TPSA) is 24.9 Å². The lowest BCUT2D eigenvalue weighted by Crippen LogP contribution is -2.26. The Kier molecular flexibility index (Phi) is 4.66. The van der Waals surface area contributed by atoms with E-state index in [2.05, 4.69) is 65.9 Å². The van der Waals surface area contributed by atoms with Crippen molar-refractivity contribution in [2.75, 3.05) is 0 Å². The van der Waals surface area contributed by atoms with Crippen molar-refractivity contribution in [3.05, 3.63) is 87.9 Å². The van der Waals surface area contributed by atoms with E-state index in [0.29, 0.717) is 0 Å². The third-order valence-corrected chi connectivity index (χ3v) is 5.03. The van der Waals surface area contributed by atoms with E-state index in [1.165, 1.54) is 16.0 Å². The number of benzene rings is 1. The van der Waals surface area contributed by atoms with Gasteiger partial charge in [0.15, 0.2) is 0 Å². The molecule has 22 heavy (non-hydrogen) atoms. The SMILES string of the molecule is Cc1ccsc1[C@@H](C)N[C@H](c1ccccc1)c1ccccn1. The maximum Gasteiger partial charge on any atom is 0.0756 e. The lowest BCUT2D eigenvalue weighted by Gasteiger charge is -2.23. The summed E-state index contributed by atoms with van der Waals surface area (Å²) in [6.45, 7) is 4.39. The van der Waals surface area contributed by atoms with Gasteiger partial charge in [-0.2, -0.15) is 0 Å². The van der Waals surface area contributed by atoms with Gasteiger partial charge in [-0.15, -0.1) is 11.3 Å². The van der Waals surface area contributed by atoms with E-state index >= 15 is 0 Å². The Morgan fingerprint density at radius 1 is 1.00 bits per heavy atom. The van der Waals surface area contributed by atoms with Gasteiger partial charge in [0.1, 0.15) is 0 Å². The molecule has 0 bridgehead atoms. The Hall–Kier alpha value is -1.97. The van der Waals surface area contributed by atoms with E-state index in [9.17, 15) is 0 Å². The average molecular weight is 308 g/mol. The van der Waals surface area contributed by atoms with Crippen LogP contribution < -0.4 is 5.32 Å². The number of aryl methyl sites for hydroxylation is 1. The number of hydrogen-bond acceptors (Lipinski definition) is 3. The van der Waals surface area contributed by atoms with Gasteiger partial charge in [0, 0.05) is 17.1 Å². The van der Waals surface area contributed by atoms with Gasteiger partial charge in [0.05, 0.1) is 11.7 Å².